The molecule has 28 heavy (non-hydrogen) atoms. The first-order chi connectivity index (χ1) is 13.7. The van der Waals surface area contributed by atoms with Gasteiger partial charge in [-0.05, 0) is 49.2 Å². The van der Waals surface area contributed by atoms with Crippen molar-refractivity contribution in [2.75, 3.05) is 20.3 Å². The fourth-order valence-electron chi connectivity index (χ4n) is 2.60. The summed E-state index contributed by atoms with van der Waals surface area (Å²) in [5.74, 6) is 1.14. The van der Waals surface area contributed by atoms with Gasteiger partial charge in [-0.1, -0.05) is 17.3 Å². The molecule has 6 nitrogen and oxygen atoms in total. The van der Waals surface area contributed by atoms with E-state index in [-0.39, 0.29) is 17.4 Å². The summed E-state index contributed by atoms with van der Waals surface area (Å²) in [5.41, 5.74) is 0.943. The van der Waals surface area contributed by atoms with Crippen LogP contribution in [0.3, 0.4) is 0 Å². The molecule has 0 atom stereocenters. The molecule has 0 unspecified atom stereocenters. The van der Waals surface area contributed by atoms with Gasteiger partial charge in [0.15, 0.2) is 11.5 Å². The Bertz CT molecular complexity index is 909. The molecule has 2 aromatic carbocycles. The Labute approximate surface area is 162 Å². The van der Waals surface area contributed by atoms with Gasteiger partial charge in [0.05, 0.1) is 19.3 Å². The first kappa shape index (κ1) is 19.4. The van der Waals surface area contributed by atoms with Crippen LogP contribution in [0.4, 0.5) is 4.39 Å². The molecule has 1 heterocycles. The quantitative estimate of drug-likeness (QED) is 0.563. The van der Waals surface area contributed by atoms with Crippen LogP contribution < -0.4 is 14.8 Å². The van der Waals surface area contributed by atoms with Gasteiger partial charge in [0.25, 0.3) is 5.91 Å². The lowest BCUT2D eigenvalue weighted by Crippen LogP contribution is -2.25. The molecule has 0 aliphatic carbocycles. The average Bonchev–Trinajstić information content (AvgIpc) is 3.22. The highest BCUT2D eigenvalue weighted by Crippen LogP contribution is 2.29. The van der Waals surface area contributed by atoms with Gasteiger partial charge in [0.1, 0.15) is 17.3 Å². The number of halogens is 1. The van der Waals surface area contributed by atoms with Crippen molar-refractivity contribution in [3.05, 3.63) is 66.1 Å². The fourth-order valence-corrected chi connectivity index (χ4v) is 2.60. The highest BCUT2D eigenvalue weighted by atomic mass is 19.1. The summed E-state index contributed by atoms with van der Waals surface area (Å²) in [7, 11) is 1.57. The number of amides is 1. The van der Waals surface area contributed by atoms with Crippen LogP contribution in [0, 0.1) is 5.82 Å². The molecule has 0 aliphatic rings. The molecule has 1 aromatic heterocycles. The van der Waals surface area contributed by atoms with Crippen LogP contribution in [0.15, 0.2) is 59.1 Å². The molecule has 3 rings (SSSR count). The molecule has 7 heteroatoms. The van der Waals surface area contributed by atoms with Crippen molar-refractivity contribution in [1.29, 1.82) is 0 Å². The highest BCUT2D eigenvalue weighted by Gasteiger charge is 2.15. The minimum atomic E-state index is -0.302. The largest absolute Gasteiger partial charge is 0.496 e. The molecule has 3 aromatic rings. The third kappa shape index (κ3) is 5.09. The number of aromatic nitrogens is 1. The van der Waals surface area contributed by atoms with Crippen molar-refractivity contribution in [2.45, 2.75) is 12.8 Å². The van der Waals surface area contributed by atoms with Crippen LogP contribution in [0.2, 0.25) is 0 Å². The normalized spacial score (nSPS) is 10.5. The Morgan fingerprint density at radius 3 is 2.71 bits per heavy atom. The summed E-state index contributed by atoms with van der Waals surface area (Å²) >= 11 is 0. The highest BCUT2D eigenvalue weighted by molar-refractivity contribution is 5.93. The number of carbonyl (C=O) groups excluding carboxylic acids is 1. The Morgan fingerprint density at radius 2 is 1.93 bits per heavy atom. The number of nitrogens with zero attached hydrogens (tertiary/aromatic N) is 1. The second-order valence-corrected chi connectivity index (χ2v) is 6.04. The number of hydrogen-bond acceptors (Lipinski definition) is 5. The molecule has 1 N–H and O–H groups in total. The Morgan fingerprint density at radius 1 is 1.14 bits per heavy atom. The number of unbranched alkanes of at least 4 members (excludes halogenated alkanes) is 1. The maximum absolute atomic E-state index is 12.8. The number of para-hydroxylation sites is 1. The third-order valence-corrected chi connectivity index (χ3v) is 4.05. The van der Waals surface area contributed by atoms with Gasteiger partial charge in [-0.3, -0.25) is 4.79 Å². The molecule has 0 fully saturated rings. The predicted octanol–water partition coefficient (Wildman–Crippen LogP) is 4.08. The van der Waals surface area contributed by atoms with E-state index in [0.29, 0.717) is 30.4 Å². The van der Waals surface area contributed by atoms with Gasteiger partial charge in [-0.2, -0.15) is 0 Å². The van der Waals surface area contributed by atoms with Crippen LogP contribution in [0.25, 0.3) is 11.3 Å². The van der Waals surface area contributed by atoms with Crippen molar-refractivity contribution in [1.82, 2.24) is 10.5 Å². The zero-order valence-electron chi connectivity index (χ0n) is 15.5. The zero-order valence-corrected chi connectivity index (χ0v) is 15.5. The molecule has 0 aliphatic heterocycles. The molecule has 0 saturated heterocycles. The van der Waals surface area contributed by atoms with E-state index in [9.17, 15) is 9.18 Å². The summed E-state index contributed by atoms with van der Waals surface area (Å²) in [6.07, 6.45) is 1.49. The van der Waals surface area contributed by atoms with E-state index in [4.69, 9.17) is 14.0 Å². The SMILES string of the molecule is COc1ccccc1-c1cc(C(=O)NCCCCOc2ccc(F)cc2)no1. The van der Waals surface area contributed by atoms with Gasteiger partial charge >= 0.3 is 0 Å². The van der Waals surface area contributed by atoms with Crippen molar-refractivity contribution < 1.29 is 23.2 Å². The first-order valence-electron chi connectivity index (χ1n) is 8.94. The molecule has 0 bridgehead atoms. The van der Waals surface area contributed by atoms with E-state index < -0.39 is 0 Å². The Hall–Kier alpha value is -3.35. The van der Waals surface area contributed by atoms with Gasteiger partial charge in [-0.15, -0.1) is 0 Å². The molecule has 0 radical (unpaired) electrons. The summed E-state index contributed by atoms with van der Waals surface area (Å²) in [6.45, 7) is 0.978. The van der Waals surface area contributed by atoms with E-state index >= 15 is 0 Å². The number of hydrogen-bond donors (Lipinski definition) is 1. The summed E-state index contributed by atoms with van der Waals surface area (Å²) in [6, 6.07) is 14.8. The van der Waals surface area contributed by atoms with Crippen molar-refractivity contribution in [2.24, 2.45) is 0 Å². The minimum absolute atomic E-state index is 0.212. The van der Waals surface area contributed by atoms with Crippen molar-refractivity contribution >= 4 is 5.91 Å². The van der Waals surface area contributed by atoms with E-state index in [1.165, 1.54) is 12.1 Å². The number of methoxy groups -OCH3 is 1. The van der Waals surface area contributed by atoms with Crippen LogP contribution in [0.1, 0.15) is 23.3 Å². The number of ether oxygens (including phenoxy) is 2. The fraction of sp³-hybridized carbons (Fsp3) is 0.238. The smallest absolute Gasteiger partial charge is 0.273 e. The number of nitrogens with one attached hydrogen (secondary N) is 1. The first-order valence-corrected chi connectivity index (χ1v) is 8.94. The Balaban J connectivity index is 1.42. The van der Waals surface area contributed by atoms with Crippen LogP contribution in [-0.2, 0) is 0 Å². The van der Waals surface area contributed by atoms with Crippen LogP contribution in [-0.4, -0.2) is 31.3 Å². The van der Waals surface area contributed by atoms with Gasteiger partial charge in [-0.25, -0.2) is 4.39 Å². The second kappa shape index (κ2) is 9.55. The molecule has 146 valence electrons. The van der Waals surface area contributed by atoms with Gasteiger partial charge in [0, 0.05) is 12.6 Å². The predicted molar refractivity (Wildman–Crippen MR) is 102 cm³/mol. The lowest BCUT2D eigenvalue weighted by molar-refractivity contribution is 0.0943. The number of carbonyl (C=O) groups is 1. The van der Waals surface area contributed by atoms with Crippen LogP contribution in [0.5, 0.6) is 11.5 Å². The monoisotopic (exact) mass is 384 g/mol. The maximum Gasteiger partial charge on any atom is 0.273 e. The van der Waals surface area contributed by atoms with Crippen LogP contribution >= 0.6 is 0 Å². The number of rotatable bonds is 9. The van der Waals surface area contributed by atoms with E-state index in [0.717, 1.165) is 18.4 Å². The van der Waals surface area contributed by atoms with Crippen molar-refractivity contribution in [3.63, 3.8) is 0 Å². The van der Waals surface area contributed by atoms with Gasteiger partial charge < -0.3 is 19.3 Å². The molecule has 0 spiro atoms. The summed E-state index contributed by atoms with van der Waals surface area (Å²) < 4.78 is 28.9. The summed E-state index contributed by atoms with van der Waals surface area (Å²) in [4.78, 5) is 12.2. The number of benzene rings is 2. The second-order valence-electron chi connectivity index (χ2n) is 6.04. The zero-order chi connectivity index (χ0) is 19.8. The van der Waals surface area contributed by atoms with Crippen molar-refractivity contribution in [3.8, 4) is 22.8 Å². The standard InChI is InChI=1S/C21H21FN2O4/c1-26-19-7-3-2-6-17(19)20-14-18(24-28-20)21(25)23-12-4-5-13-27-16-10-8-15(22)9-11-16/h2-3,6-11,14H,4-5,12-13H2,1H3,(H,23,25). The van der Waals surface area contributed by atoms with Gasteiger partial charge in [0.2, 0.25) is 0 Å². The minimum Gasteiger partial charge on any atom is -0.496 e. The molecular weight excluding hydrogens is 363 g/mol. The lowest BCUT2D eigenvalue weighted by atomic mass is 10.1. The van der Waals surface area contributed by atoms with E-state index in [1.807, 2.05) is 24.3 Å². The topological polar surface area (TPSA) is 73.6 Å². The van der Waals surface area contributed by atoms with E-state index in [2.05, 4.69) is 10.5 Å². The average molecular weight is 384 g/mol. The lowest BCUT2D eigenvalue weighted by Gasteiger charge is -2.06. The van der Waals surface area contributed by atoms with E-state index in [1.54, 1.807) is 25.3 Å². The molecule has 1 amide bonds. The molecule has 0 saturated carbocycles. The molecular formula is C21H21FN2O4. The third-order valence-electron chi connectivity index (χ3n) is 4.05. The maximum atomic E-state index is 12.8. The Kier molecular flexibility index (Phi) is 6.62. The summed E-state index contributed by atoms with van der Waals surface area (Å²) in [5, 5.41) is 6.63.